The lowest BCUT2D eigenvalue weighted by Crippen LogP contribution is -2.20. The average molecular weight is 293 g/mol. The smallest absolute Gasteiger partial charge is 0.275 e. The highest BCUT2D eigenvalue weighted by Crippen LogP contribution is 2.47. The van der Waals surface area contributed by atoms with E-state index in [0.717, 1.165) is 11.8 Å². The summed E-state index contributed by atoms with van der Waals surface area (Å²) in [6, 6.07) is 4.36. The molecule has 3 atom stereocenters. The molecule has 0 radical (unpaired) electrons. The summed E-state index contributed by atoms with van der Waals surface area (Å²) < 4.78 is 0. The number of hydrogen-bond acceptors (Lipinski definition) is 3. The molecular formula is C15H17ClN2O2. The Labute approximate surface area is 122 Å². The van der Waals surface area contributed by atoms with Crippen LogP contribution < -0.4 is 5.43 Å². The second-order valence-electron chi connectivity index (χ2n) is 5.72. The minimum absolute atomic E-state index is 0.0953. The van der Waals surface area contributed by atoms with Crippen molar-refractivity contribution in [1.29, 1.82) is 0 Å². The van der Waals surface area contributed by atoms with Gasteiger partial charge in [0.15, 0.2) is 0 Å². The Balaban J connectivity index is 1.60. The Hall–Kier alpha value is -1.55. The molecule has 1 aromatic carbocycles. The second kappa shape index (κ2) is 5.44. The van der Waals surface area contributed by atoms with Crippen LogP contribution in [0.5, 0.6) is 5.75 Å². The molecule has 3 rings (SSSR count). The second-order valence-corrected chi connectivity index (χ2v) is 6.16. The van der Waals surface area contributed by atoms with Crippen LogP contribution in [0.2, 0.25) is 5.02 Å². The van der Waals surface area contributed by atoms with Crippen LogP contribution in [-0.4, -0.2) is 17.2 Å². The molecule has 1 amide bonds. The number of phenolic OH excluding ortho intramolecular Hbond substituents is 1. The van der Waals surface area contributed by atoms with Crippen LogP contribution in [0.3, 0.4) is 0 Å². The van der Waals surface area contributed by atoms with E-state index >= 15 is 0 Å². The molecule has 0 aliphatic heterocycles. The van der Waals surface area contributed by atoms with Crippen molar-refractivity contribution in [2.24, 2.45) is 22.9 Å². The molecule has 0 unspecified atom stereocenters. The van der Waals surface area contributed by atoms with E-state index in [1.54, 1.807) is 0 Å². The fourth-order valence-electron chi connectivity index (χ4n) is 3.42. The zero-order valence-corrected chi connectivity index (χ0v) is 11.8. The molecule has 1 aromatic rings. The van der Waals surface area contributed by atoms with Crippen molar-refractivity contribution in [3.63, 3.8) is 0 Å². The summed E-state index contributed by atoms with van der Waals surface area (Å²) in [7, 11) is 0. The number of aromatic hydroxyl groups is 1. The fraction of sp³-hybridized carbons (Fsp3) is 0.467. The van der Waals surface area contributed by atoms with Crippen LogP contribution in [0, 0.1) is 17.8 Å². The lowest BCUT2D eigenvalue weighted by molar-refractivity contribution is 0.0952. The molecule has 2 bridgehead atoms. The van der Waals surface area contributed by atoms with Crippen LogP contribution in [0.15, 0.2) is 23.3 Å². The molecule has 0 saturated heterocycles. The van der Waals surface area contributed by atoms with Gasteiger partial charge in [-0.3, -0.25) is 4.79 Å². The quantitative estimate of drug-likeness (QED) is 0.664. The minimum Gasteiger partial charge on any atom is -0.507 e. The van der Waals surface area contributed by atoms with Gasteiger partial charge in [-0.1, -0.05) is 18.0 Å². The van der Waals surface area contributed by atoms with E-state index in [-0.39, 0.29) is 11.3 Å². The van der Waals surface area contributed by atoms with Crippen molar-refractivity contribution in [1.82, 2.24) is 5.43 Å². The van der Waals surface area contributed by atoms with Gasteiger partial charge in [0.1, 0.15) is 5.75 Å². The van der Waals surface area contributed by atoms with Gasteiger partial charge in [-0.2, -0.15) is 5.10 Å². The lowest BCUT2D eigenvalue weighted by atomic mass is 9.90. The van der Waals surface area contributed by atoms with Crippen LogP contribution in [0.1, 0.15) is 36.0 Å². The molecule has 20 heavy (non-hydrogen) atoms. The lowest BCUT2D eigenvalue weighted by Gasteiger charge is -2.16. The Bertz CT molecular complexity index is 559. The first-order valence-corrected chi connectivity index (χ1v) is 7.33. The monoisotopic (exact) mass is 292 g/mol. The summed E-state index contributed by atoms with van der Waals surface area (Å²) in [5.41, 5.74) is 2.61. The average Bonchev–Trinajstić information content (AvgIpc) is 3.04. The number of carbonyl (C=O) groups excluding carboxylic acids is 1. The van der Waals surface area contributed by atoms with Crippen LogP contribution in [0.4, 0.5) is 0 Å². The summed E-state index contributed by atoms with van der Waals surface area (Å²) >= 11 is 5.81. The van der Waals surface area contributed by atoms with Crippen LogP contribution in [0.25, 0.3) is 0 Å². The van der Waals surface area contributed by atoms with E-state index in [4.69, 9.17) is 11.6 Å². The number of nitrogens with zero attached hydrogens (tertiary/aromatic N) is 1. The molecule has 0 heterocycles. The van der Waals surface area contributed by atoms with E-state index in [9.17, 15) is 9.90 Å². The summed E-state index contributed by atoms with van der Waals surface area (Å²) in [4.78, 5) is 11.9. The molecule has 5 heteroatoms. The molecule has 4 nitrogen and oxygen atoms in total. The number of nitrogens with one attached hydrogen (secondary N) is 1. The topological polar surface area (TPSA) is 61.7 Å². The predicted octanol–water partition coefficient (Wildman–Crippen LogP) is 3.20. The van der Waals surface area contributed by atoms with Gasteiger partial charge in [0.05, 0.1) is 5.56 Å². The van der Waals surface area contributed by atoms with E-state index in [1.807, 2.05) is 6.21 Å². The molecule has 106 valence electrons. The van der Waals surface area contributed by atoms with Gasteiger partial charge >= 0.3 is 0 Å². The Morgan fingerprint density at radius 2 is 2.25 bits per heavy atom. The van der Waals surface area contributed by atoms with Crippen molar-refractivity contribution in [3.8, 4) is 5.75 Å². The van der Waals surface area contributed by atoms with Gasteiger partial charge in [0, 0.05) is 11.2 Å². The van der Waals surface area contributed by atoms with Crippen LogP contribution >= 0.6 is 11.6 Å². The number of amides is 1. The minimum atomic E-state index is -0.440. The van der Waals surface area contributed by atoms with Gasteiger partial charge in [0.25, 0.3) is 5.91 Å². The number of benzene rings is 1. The Kier molecular flexibility index (Phi) is 3.66. The summed E-state index contributed by atoms with van der Waals surface area (Å²) in [5.74, 6) is 1.54. The maximum absolute atomic E-state index is 11.9. The Morgan fingerprint density at radius 3 is 2.95 bits per heavy atom. The van der Waals surface area contributed by atoms with E-state index in [1.165, 1.54) is 43.9 Å². The molecule has 2 aliphatic carbocycles. The van der Waals surface area contributed by atoms with Crippen molar-refractivity contribution in [3.05, 3.63) is 28.8 Å². The first-order valence-electron chi connectivity index (χ1n) is 6.95. The largest absolute Gasteiger partial charge is 0.507 e. The van der Waals surface area contributed by atoms with Crippen molar-refractivity contribution < 1.29 is 9.90 Å². The van der Waals surface area contributed by atoms with Gasteiger partial charge in [-0.15, -0.1) is 0 Å². The first kappa shape index (κ1) is 13.4. The molecule has 0 aromatic heterocycles. The maximum Gasteiger partial charge on any atom is 0.275 e. The molecule has 2 saturated carbocycles. The van der Waals surface area contributed by atoms with Gasteiger partial charge in [0.2, 0.25) is 0 Å². The third kappa shape index (κ3) is 2.66. The number of halogens is 1. The number of hydrogen-bond donors (Lipinski definition) is 2. The number of rotatable bonds is 3. The molecule has 2 fully saturated rings. The molecule has 2 N–H and O–H groups in total. The van der Waals surface area contributed by atoms with E-state index < -0.39 is 5.91 Å². The van der Waals surface area contributed by atoms with Gasteiger partial charge in [-0.05, 0) is 55.2 Å². The van der Waals surface area contributed by atoms with E-state index in [0.29, 0.717) is 10.9 Å². The van der Waals surface area contributed by atoms with Crippen molar-refractivity contribution in [2.75, 3.05) is 0 Å². The zero-order valence-electron chi connectivity index (χ0n) is 11.1. The zero-order chi connectivity index (χ0) is 14.1. The third-order valence-corrected chi connectivity index (χ3v) is 4.66. The number of hydrazone groups is 1. The van der Waals surface area contributed by atoms with E-state index in [2.05, 4.69) is 10.5 Å². The Morgan fingerprint density at radius 1 is 1.40 bits per heavy atom. The third-order valence-electron chi connectivity index (χ3n) is 4.43. The first-order chi connectivity index (χ1) is 9.63. The summed E-state index contributed by atoms with van der Waals surface area (Å²) in [6.45, 7) is 0. The standard InChI is InChI=1S/C15H17ClN2O2/c16-12-3-4-14(19)13(7-12)15(20)18-17-8-11-6-9-1-2-10(11)5-9/h3-4,7-11,19H,1-2,5-6H2,(H,18,20)/b17-8-/t9-,10-,11+/m1/s1. The normalized spacial score (nSPS) is 28.1. The predicted molar refractivity (Wildman–Crippen MR) is 78.0 cm³/mol. The van der Waals surface area contributed by atoms with Gasteiger partial charge in [-0.25, -0.2) is 5.43 Å². The summed E-state index contributed by atoms with van der Waals surface area (Å²) in [6.07, 6.45) is 6.97. The molecule has 0 spiro atoms. The number of carbonyl (C=O) groups is 1. The SMILES string of the molecule is O=C(N/N=C\[C@@H]1C[C@@H]2CC[C@@H]1C2)c1cc(Cl)ccc1O. The highest BCUT2D eigenvalue weighted by atomic mass is 35.5. The maximum atomic E-state index is 11.9. The van der Waals surface area contributed by atoms with Crippen molar-refractivity contribution in [2.45, 2.75) is 25.7 Å². The highest BCUT2D eigenvalue weighted by molar-refractivity contribution is 6.31. The highest BCUT2D eigenvalue weighted by Gasteiger charge is 2.38. The molecule has 2 aliphatic rings. The van der Waals surface area contributed by atoms with Crippen LogP contribution in [-0.2, 0) is 0 Å². The summed E-state index contributed by atoms with van der Waals surface area (Å²) in [5, 5.41) is 14.1. The number of fused-ring (bicyclic) bond motifs is 2. The molecular weight excluding hydrogens is 276 g/mol. The number of phenols is 1. The fourth-order valence-corrected chi connectivity index (χ4v) is 3.59. The van der Waals surface area contributed by atoms with Crippen molar-refractivity contribution >= 4 is 23.7 Å². The van der Waals surface area contributed by atoms with Gasteiger partial charge < -0.3 is 5.11 Å².